The lowest BCUT2D eigenvalue weighted by molar-refractivity contribution is -0.119. The number of hydrogen-bond acceptors (Lipinski definition) is 5. The van der Waals surface area contributed by atoms with Gasteiger partial charge in [0.2, 0.25) is 5.91 Å². The average Bonchev–Trinajstić information content (AvgIpc) is 2.60. The molecule has 1 heterocycles. The number of amides is 1. The maximum absolute atomic E-state index is 12.4. The molecule has 0 aliphatic heterocycles. The molecule has 2 aromatic rings. The zero-order valence-electron chi connectivity index (χ0n) is 14.9. The lowest BCUT2D eigenvalue weighted by atomic mass is 9.96. The second kappa shape index (κ2) is 8.67. The summed E-state index contributed by atoms with van der Waals surface area (Å²) in [6.07, 6.45) is 0. The van der Waals surface area contributed by atoms with Crippen LogP contribution in [0.1, 0.15) is 46.9 Å². The smallest absolute Gasteiger partial charge is 0.345 e. The number of aromatic nitrogens is 1. The number of primary amides is 1. The number of ether oxygens (including phenoxy) is 2. The van der Waals surface area contributed by atoms with Crippen molar-refractivity contribution in [1.29, 1.82) is 0 Å². The highest BCUT2D eigenvalue weighted by Crippen LogP contribution is 2.37. The van der Waals surface area contributed by atoms with Crippen LogP contribution in [-0.2, 0) is 16.1 Å². The normalized spacial score (nSPS) is 11.7. The van der Waals surface area contributed by atoms with E-state index < -0.39 is 17.8 Å². The van der Waals surface area contributed by atoms with Gasteiger partial charge in [-0.15, -0.1) is 0 Å². The number of nitrogens with zero attached hydrogens (tertiary/aromatic N) is 1. The van der Waals surface area contributed by atoms with Gasteiger partial charge in [-0.05, 0) is 26.3 Å². The highest BCUT2D eigenvalue weighted by Gasteiger charge is 2.29. The summed E-state index contributed by atoms with van der Waals surface area (Å²) in [4.78, 5) is 28.3. The Morgan fingerprint density at radius 3 is 2.50 bits per heavy atom. The summed E-state index contributed by atoms with van der Waals surface area (Å²) in [7, 11) is 0. The van der Waals surface area contributed by atoms with Crippen LogP contribution in [0, 0.1) is 6.92 Å². The van der Waals surface area contributed by atoms with Gasteiger partial charge in [0.05, 0.1) is 12.5 Å². The number of benzene rings is 1. The van der Waals surface area contributed by atoms with Gasteiger partial charge in [-0.3, -0.25) is 4.79 Å². The fourth-order valence-electron chi connectivity index (χ4n) is 2.57. The first-order valence-electron chi connectivity index (χ1n) is 8.19. The second-order valence-electron chi connectivity index (χ2n) is 5.72. The number of carbonyl (C=O) groups is 2. The van der Waals surface area contributed by atoms with Crippen molar-refractivity contribution in [1.82, 2.24) is 4.98 Å². The predicted molar refractivity (Wildman–Crippen MR) is 98.3 cm³/mol. The third-order valence-electron chi connectivity index (χ3n) is 3.90. The van der Waals surface area contributed by atoms with E-state index in [4.69, 9.17) is 26.8 Å². The van der Waals surface area contributed by atoms with Crippen LogP contribution in [0.15, 0.2) is 30.3 Å². The molecule has 0 saturated carbocycles. The zero-order valence-corrected chi connectivity index (χ0v) is 15.7. The van der Waals surface area contributed by atoms with Crippen LogP contribution < -0.4 is 10.5 Å². The van der Waals surface area contributed by atoms with Crippen molar-refractivity contribution in [3.05, 3.63) is 57.9 Å². The van der Waals surface area contributed by atoms with E-state index in [1.165, 1.54) is 0 Å². The van der Waals surface area contributed by atoms with Gasteiger partial charge in [0, 0.05) is 11.3 Å². The maximum Gasteiger partial charge on any atom is 0.345 e. The number of hydrogen-bond donors (Lipinski definition) is 1. The van der Waals surface area contributed by atoms with Gasteiger partial charge < -0.3 is 15.2 Å². The van der Waals surface area contributed by atoms with Crippen molar-refractivity contribution in [3.8, 4) is 5.75 Å². The van der Waals surface area contributed by atoms with Crippen LogP contribution in [0.25, 0.3) is 0 Å². The van der Waals surface area contributed by atoms with E-state index >= 15 is 0 Å². The number of nitrogens with two attached hydrogens (primary N) is 1. The Bertz CT molecular complexity index is 809. The van der Waals surface area contributed by atoms with E-state index in [0.717, 1.165) is 5.56 Å². The number of aryl methyl sites for hydroxylation is 1. The van der Waals surface area contributed by atoms with Crippen LogP contribution in [0.2, 0.25) is 5.15 Å². The molecule has 1 amide bonds. The molecule has 0 saturated heterocycles. The Morgan fingerprint density at radius 1 is 1.27 bits per heavy atom. The Morgan fingerprint density at radius 2 is 1.92 bits per heavy atom. The van der Waals surface area contributed by atoms with E-state index in [2.05, 4.69) is 4.98 Å². The fourth-order valence-corrected chi connectivity index (χ4v) is 2.86. The number of carbonyl (C=O) groups excluding carboxylic acids is 2. The SMILES string of the molecule is CCOC(=O)c1c(Cl)nc(C)c(C(C)C(N)=O)c1OCc1ccccc1. The predicted octanol–water partition coefficient (Wildman–Crippen LogP) is 3.39. The summed E-state index contributed by atoms with van der Waals surface area (Å²) in [5, 5.41) is -0.0376. The molecular weight excluding hydrogens is 356 g/mol. The molecule has 26 heavy (non-hydrogen) atoms. The maximum atomic E-state index is 12.4. The third kappa shape index (κ3) is 4.32. The molecule has 0 bridgehead atoms. The van der Waals surface area contributed by atoms with Crippen molar-refractivity contribution < 1.29 is 19.1 Å². The molecule has 0 spiro atoms. The molecule has 138 valence electrons. The lowest BCUT2D eigenvalue weighted by Crippen LogP contribution is -2.22. The fraction of sp³-hybridized carbons (Fsp3) is 0.316. The molecule has 0 fully saturated rings. The molecule has 6 nitrogen and oxygen atoms in total. The van der Waals surface area contributed by atoms with Crippen molar-refractivity contribution in [2.24, 2.45) is 5.73 Å². The summed E-state index contributed by atoms with van der Waals surface area (Å²) in [6, 6.07) is 9.42. The lowest BCUT2D eigenvalue weighted by Gasteiger charge is -2.20. The zero-order chi connectivity index (χ0) is 19.3. The molecule has 1 aromatic carbocycles. The topological polar surface area (TPSA) is 91.5 Å². The third-order valence-corrected chi connectivity index (χ3v) is 4.17. The van der Waals surface area contributed by atoms with Crippen molar-refractivity contribution >= 4 is 23.5 Å². The Balaban J connectivity index is 2.57. The minimum atomic E-state index is -0.710. The quantitative estimate of drug-likeness (QED) is 0.590. The molecule has 1 unspecified atom stereocenters. The average molecular weight is 377 g/mol. The summed E-state index contributed by atoms with van der Waals surface area (Å²) < 4.78 is 11.0. The van der Waals surface area contributed by atoms with E-state index in [0.29, 0.717) is 11.3 Å². The standard InChI is InChI=1S/C19H21ClN2O4/c1-4-25-19(24)15-16(26-10-13-8-6-5-7-9-13)14(11(2)18(21)23)12(3)22-17(15)20/h5-9,11H,4,10H2,1-3H3,(H2,21,23). The summed E-state index contributed by atoms with van der Waals surface area (Å²) >= 11 is 6.20. The molecule has 0 aliphatic rings. The Hall–Kier alpha value is -2.60. The largest absolute Gasteiger partial charge is 0.487 e. The van der Waals surface area contributed by atoms with E-state index in [-0.39, 0.29) is 29.7 Å². The van der Waals surface area contributed by atoms with Gasteiger partial charge >= 0.3 is 5.97 Å². The van der Waals surface area contributed by atoms with Gasteiger partial charge in [-0.1, -0.05) is 41.9 Å². The molecule has 1 atom stereocenters. The van der Waals surface area contributed by atoms with Crippen LogP contribution in [0.5, 0.6) is 5.75 Å². The van der Waals surface area contributed by atoms with E-state index in [1.54, 1.807) is 20.8 Å². The number of halogens is 1. The highest BCUT2D eigenvalue weighted by atomic mass is 35.5. The Kier molecular flexibility index (Phi) is 6.58. The minimum Gasteiger partial charge on any atom is -0.487 e. The number of esters is 1. The monoisotopic (exact) mass is 376 g/mol. The molecule has 1 aromatic heterocycles. The van der Waals surface area contributed by atoms with Gasteiger partial charge in [0.15, 0.2) is 0 Å². The van der Waals surface area contributed by atoms with Gasteiger partial charge in [-0.2, -0.15) is 0 Å². The molecule has 0 aliphatic carbocycles. The molecule has 7 heteroatoms. The first-order chi connectivity index (χ1) is 12.4. The van der Waals surface area contributed by atoms with Gasteiger partial charge in [0.25, 0.3) is 0 Å². The number of pyridine rings is 1. The van der Waals surface area contributed by atoms with Crippen molar-refractivity contribution in [2.75, 3.05) is 6.61 Å². The van der Waals surface area contributed by atoms with Crippen LogP contribution in [0.3, 0.4) is 0 Å². The van der Waals surface area contributed by atoms with E-state index in [1.807, 2.05) is 30.3 Å². The molecule has 2 N–H and O–H groups in total. The van der Waals surface area contributed by atoms with E-state index in [9.17, 15) is 9.59 Å². The van der Waals surface area contributed by atoms with Crippen LogP contribution in [-0.4, -0.2) is 23.5 Å². The minimum absolute atomic E-state index is 0.00172. The summed E-state index contributed by atoms with van der Waals surface area (Å²) in [5.41, 5.74) is 7.26. The molecular formula is C19H21ClN2O4. The van der Waals surface area contributed by atoms with Crippen LogP contribution >= 0.6 is 11.6 Å². The van der Waals surface area contributed by atoms with Crippen molar-refractivity contribution in [3.63, 3.8) is 0 Å². The van der Waals surface area contributed by atoms with Crippen molar-refractivity contribution in [2.45, 2.75) is 33.3 Å². The molecule has 0 radical (unpaired) electrons. The first-order valence-corrected chi connectivity index (χ1v) is 8.57. The van der Waals surface area contributed by atoms with Gasteiger partial charge in [-0.25, -0.2) is 9.78 Å². The van der Waals surface area contributed by atoms with Crippen LogP contribution in [0.4, 0.5) is 0 Å². The molecule has 2 rings (SSSR count). The highest BCUT2D eigenvalue weighted by molar-refractivity contribution is 6.32. The first kappa shape index (κ1) is 19.7. The summed E-state index contributed by atoms with van der Waals surface area (Å²) in [5.74, 6) is -1.75. The Labute approximate surface area is 157 Å². The van der Waals surface area contributed by atoms with Gasteiger partial charge in [0.1, 0.15) is 23.1 Å². The summed E-state index contributed by atoms with van der Waals surface area (Å²) in [6.45, 7) is 5.35. The second-order valence-corrected chi connectivity index (χ2v) is 6.08. The number of rotatable bonds is 7.